The van der Waals surface area contributed by atoms with Gasteiger partial charge in [-0.25, -0.2) is 4.99 Å². The summed E-state index contributed by atoms with van der Waals surface area (Å²) >= 11 is 0. The Morgan fingerprint density at radius 1 is 1.31 bits per heavy atom. The molecule has 3 heterocycles. The summed E-state index contributed by atoms with van der Waals surface area (Å²) < 4.78 is 12.3. The summed E-state index contributed by atoms with van der Waals surface area (Å²) in [7, 11) is 1.66. The van der Waals surface area contributed by atoms with Crippen LogP contribution < -0.4 is 10.5 Å². The van der Waals surface area contributed by atoms with Gasteiger partial charge in [-0.15, -0.1) is 0 Å². The first-order chi connectivity index (χ1) is 15.5. The van der Waals surface area contributed by atoms with Crippen LogP contribution in [0.2, 0.25) is 0 Å². The number of fused-ring (bicyclic) bond motifs is 4. The second kappa shape index (κ2) is 7.61. The number of benzene rings is 1. The number of rotatable bonds is 3. The van der Waals surface area contributed by atoms with Crippen molar-refractivity contribution in [3.8, 4) is 22.9 Å². The van der Waals surface area contributed by atoms with Gasteiger partial charge in [-0.1, -0.05) is 6.07 Å². The summed E-state index contributed by atoms with van der Waals surface area (Å²) in [5.74, 6) is 0.524. The molecule has 1 aromatic heterocycles. The van der Waals surface area contributed by atoms with Crippen LogP contribution in [0, 0.1) is 17.2 Å². The van der Waals surface area contributed by atoms with Crippen LogP contribution in [-0.4, -0.2) is 47.6 Å². The molecule has 0 saturated heterocycles. The highest BCUT2D eigenvalue weighted by Gasteiger charge is 2.61. The van der Waals surface area contributed by atoms with Gasteiger partial charge in [0, 0.05) is 43.1 Å². The average molecular weight is 431 g/mol. The fourth-order valence-corrected chi connectivity index (χ4v) is 5.28. The van der Waals surface area contributed by atoms with Crippen LogP contribution in [0.4, 0.5) is 0 Å². The Bertz CT molecular complexity index is 1160. The van der Waals surface area contributed by atoms with Gasteiger partial charge in [-0.05, 0) is 49.9 Å². The second-order valence-corrected chi connectivity index (χ2v) is 8.54. The number of hydrogen-bond acceptors (Lipinski definition) is 7. The minimum Gasteiger partial charge on any atom is -0.490 e. The fourth-order valence-electron chi connectivity index (χ4n) is 5.28. The van der Waals surface area contributed by atoms with E-state index in [4.69, 9.17) is 20.2 Å². The molecule has 1 aromatic carbocycles. The zero-order valence-corrected chi connectivity index (χ0v) is 18.1. The summed E-state index contributed by atoms with van der Waals surface area (Å²) in [6, 6.07) is 9.64. The minimum absolute atomic E-state index is 0.0538. The smallest absolute Gasteiger partial charge is 0.262 e. The number of likely N-dealkylation sites (N-methyl/N-ethyl adjacent to an activating group) is 1. The molecule has 1 aliphatic carbocycles. The number of amides is 1. The van der Waals surface area contributed by atoms with Crippen molar-refractivity contribution < 1.29 is 14.3 Å². The monoisotopic (exact) mass is 431 g/mol. The van der Waals surface area contributed by atoms with E-state index in [-0.39, 0.29) is 30.0 Å². The highest BCUT2D eigenvalue weighted by molar-refractivity contribution is 6.07. The molecule has 3 aliphatic rings. The van der Waals surface area contributed by atoms with Gasteiger partial charge >= 0.3 is 0 Å². The molecular weight excluding hydrogens is 406 g/mol. The molecule has 0 bridgehead atoms. The van der Waals surface area contributed by atoms with Crippen molar-refractivity contribution in [3.63, 3.8) is 0 Å². The Morgan fingerprint density at radius 3 is 2.88 bits per heavy atom. The van der Waals surface area contributed by atoms with Crippen LogP contribution in [0.3, 0.4) is 0 Å². The van der Waals surface area contributed by atoms with Gasteiger partial charge in [-0.2, -0.15) is 5.26 Å². The molecule has 5 rings (SSSR count). The molecule has 32 heavy (non-hydrogen) atoms. The largest absolute Gasteiger partial charge is 0.490 e. The summed E-state index contributed by atoms with van der Waals surface area (Å²) in [5.41, 5.74) is 7.82. The van der Waals surface area contributed by atoms with Crippen LogP contribution in [-0.2, 0) is 15.1 Å². The van der Waals surface area contributed by atoms with E-state index in [0.29, 0.717) is 29.9 Å². The van der Waals surface area contributed by atoms with Crippen molar-refractivity contribution in [1.82, 2.24) is 9.88 Å². The lowest BCUT2D eigenvalue weighted by Crippen LogP contribution is -2.55. The number of carbonyl (C=O) groups is 1. The quantitative estimate of drug-likeness (QED) is 0.799. The Balaban J connectivity index is 1.67. The summed E-state index contributed by atoms with van der Waals surface area (Å²) in [5, 5.41) is 9.26. The molecule has 4 atom stereocenters. The number of pyridine rings is 1. The van der Waals surface area contributed by atoms with Crippen molar-refractivity contribution in [2.24, 2.45) is 16.6 Å². The van der Waals surface area contributed by atoms with E-state index in [0.717, 1.165) is 24.0 Å². The van der Waals surface area contributed by atoms with Gasteiger partial charge in [-0.3, -0.25) is 14.7 Å². The molecule has 2 N–H and O–H groups in total. The van der Waals surface area contributed by atoms with Gasteiger partial charge in [0.2, 0.25) is 0 Å². The van der Waals surface area contributed by atoms with E-state index in [9.17, 15) is 10.1 Å². The summed E-state index contributed by atoms with van der Waals surface area (Å²) in [6.45, 7) is 2.60. The first-order valence-electron chi connectivity index (χ1n) is 10.9. The average Bonchev–Trinajstić information content (AvgIpc) is 3.04. The van der Waals surface area contributed by atoms with E-state index in [1.807, 2.05) is 25.1 Å². The lowest BCUT2D eigenvalue weighted by Gasteiger charge is -2.47. The Labute approximate surface area is 186 Å². The van der Waals surface area contributed by atoms with Crippen LogP contribution in [0.15, 0.2) is 41.7 Å². The molecule has 2 aromatic rings. The van der Waals surface area contributed by atoms with E-state index in [2.05, 4.69) is 11.1 Å². The number of aliphatic imine (C=N–C) groups is 1. The van der Waals surface area contributed by atoms with Crippen molar-refractivity contribution in [3.05, 3.63) is 47.8 Å². The zero-order valence-electron chi connectivity index (χ0n) is 18.1. The molecule has 1 amide bonds. The molecule has 2 aliphatic heterocycles. The first-order valence-corrected chi connectivity index (χ1v) is 10.9. The molecule has 8 heteroatoms. The standard InChI is InChI=1S/C24H25N5O3/c1-3-31-17-5-7-21-19(10-17)24(22(30)29(2)23(26)28-24)18-9-15(4-6-20(18)32-21)16-8-14(11-25)12-27-13-16/h4,6,8-9,12-13,17,19,21H,3,5,7,10H2,1-2H3,(H2,26,28)/t17-,19-,21?,24?/m0/s1. The number of aromatic nitrogens is 1. The zero-order chi connectivity index (χ0) is 22.5. The maximum absolute atomic E-state index is 13.7. The van der Waals surface area contributed by atoms with Gasteiger partial charge in [0.25, 0.3) is 5.91 Å². The molecule has 164 valence electrons. The molecule has 1 saturated carbocycles. The summed E-state index contributed by atoms with van der Waals surface area (Å²) in [6.07, 6.45) is 5.48. The van der Waals surface area contributed by atoms with Gasteiger partial charge in [0.05, 0.1) is 11.7 Å². The molecule has 1 fully saturated rings. The van der Waals surface area contributed by atoms with Crippen LogP contribution in [0.25, 0.3) is 11.1 Å². The van der Waals surface area contributed by atoms with Gasteiger partial charge < -0.3 is 15.2 Å². The maximum atomic E-state index is 13.7. The molecule has 8 nitrogen and oxygen atoms in total. The Hall–Kier alpha value is -3.44. The number of ether oxygens (including phenoxy) is 2. The minimum atomic E-state index is -1.15. The molecule has 1 spiro atoms. The third-order valence-corrected chi connectivity index (χ3v) is 6.81. The number of guanidine groups is 1. The Morgan fingerprint density at radius 2 is 2.16 bits per heavy atom. The molecule has 2 unspecified atom stereocenters. The van der Waals surface area contributed by atoms with E-state index in [1.54, 1.807) is 19.3 Å². The highest BCUT2D eigenvalue weighted by atomic mass is 16.5. The van der Waals surface area contributed by atoms with Crippen LogP contribution in [0.1, 0.15) is 37.3 Å². The highest BCUT2D eigenvalue weighted by Crippen LogP contribution is 2.54. The van der Waals surface area contributed by atoms with Gasteiger partial charge in [0.1, 0.15) is 17.9 Å². The lowest BCUT2D eigenvalue weighted by molar-refractivity contribution is -0.139. The van der Waals surface area contributed by atoms with E-state index < -0.39 is 5.54 Å². The SMILES string of the molecule is CCO[C@H]1CCC2Oc3ccc(-c4cncc(C#N)c4)cc3C3(N=C(N)N(C)C3=O)[C@H]2C1. The second-order valence-electron chi connectivity index (χ2n) is 8.54. The lowest BCUT2D eigenvalue weighted by atomic mass is 9.66. The third kappa shape index (κ3) is 2.96. The van der Waals surface area contributed by atoms with Crippen LogP contribution >= 0.6 is 0 Å². The van der Waals surface area contributed by atoms with Crippen molar-refractivity contribution in [2.75, 3.05) is 13.7 Å². The van der Waals surface area contributed by atoms with Crippen LogP contribution in [0.5, 0.6) is 5.75 Å². The first kappa shape index (κ1) is 20.5. The fraction of sp³-hybridized carbons (Fsp3) is 0.417. The number of nitriles is 1. The van der Waals surface area contributed by atoms with Gasteiger partial charge in [0.15, 0.2) is 11.5 Å². The maximum Gasteiger partial charge on any atom is 0.262 e. The van der Waals surface area contributed by atoms with Crippen molar-refractivity contribution in [1.29, 1.82) is 5.26 Å². The van der Waals surface area contributed by atoms with Crippen molar-refractivity contribution in [2.45, 2.75) is 43.9 Å². The number of hydrogen-bond donors (Lipinski definition) is 1. The normalized spacial score (nSPS) is 28.5. The van der Waals surface area contributed by atoms with Crippen molar-refractivity contribution >= 4 is 11.9 Å². The predicted molar refractivity (Wildman–Crippen MR) is 118 cm³/mol. The number of nitrogens with zero attached hydrogens (tertiary/aromatic N) is 4. The number of carbonyl (C=O) groups excluding carboxylic acids is 1. The molecule has 0 radical (unpaired) electrons. The topological polar surface area (TPSA) is 114 Å². The summed E-state index contributed by atoms with van der Waals surface area (Å²) in [4.78, 5) is 24.1. The number of nitrogens with two attached hydrogens (primary N) is 1. The van der Waals surface area contributed by atoms with E-state index in [1.165, 1.54) is 11.1 Å². The van der Waals surface area contributed by atoms with E-state index >= 15 is 0 Å². The Kier molecular flexibility index (Phi) is 4.86. The predicted octanol–water partition coefficient (Wildman–Crippen LogP) is 2.57. The third-order valence-electron chi connectivity index (χ3n) is 6.81. The molecular formula is C24H25N5O3.